The molecule has 0 fully saturated rings. The molecule has 29 heavy (non-hydrogen) atoms. The highest BCUT2D eigenvalue weighted by Crippen LogP contribution is 2.33. The Bertz CT molecular complexity index is 1150. The van der Waals surface area contributed by atoms with E-state index >= 15 is 0 Å². The molecule has 9 nitrogen and oxygen atoms in total. The normalized spacial score (nSPS) is 10.1. The van der Waals surface area contributed by atoms with Crippen LogP contribution in [0.1, 0.15) is 41.8 Å². The van der Waals surface area contributed by atoms with Crippen molar-refractivity contribution in [3.05, 3.63) is 70.1 Å². The van der Waals surface area contributed by atoms with E-state index in [1.165, 1.54) is 6.20 Å². The molecule has 10 heteroatoms. The van der Waals surface area contributed by atoms with Crippen molar-refractivity contribution < 1.29 is 19.5 Å². The van der Waals surface area contributed by atoms with Gasteiger partial charge in [-0.3, -0.25) is 9.59 Å². The van der Waals surface area contributed by atoms with Crippen LogP contribution in [0.2, 0.25) is 0 Å². The molecule has 2 amide bonds. The summed E-state index contributed by atoms with van der Waals surface area (Å²) in [6.07, 6.45) is 2.34. The molecule has 1 aromatic carbocycles. The van der Waals surface area contributed by atoms with Gasteiger partial charge in [-0.2, -0.15) is 5.26 Å². The summed E-state index contributed by atoms with van der Waals surface area (Å²) in [5.41, 5.74) is 0.185. The van der Waals surface area contributed by atoms with Crippen LogP contribution in [0.4, 0.5) is 10.7 Å². The van der Waals surface area contributed by atoms with Crippen molar-refractivity contribution in [2.24, 2.45) is 0 Å². The maximum Gasteiger partial charge on any atom is 0.356 e. The number of carbonyl (C=O) groups is 3. The maximum absolute atomic E-state index is 12.6. The Kier molecular flexibility index (Phi) is 5.61. The SMILES string of the molecule is Cc1c(C(=O)Nc2ccccc2)sc(NC(=O)c2nccnc2C(=O)O)c1C#N. The predicted molar refractivity (Wildman–Crippen MR) is 105 cm³/mol. The number of nitriles is 1. The summed E-state index contributed by atoms with van der Waals surface area (Å²) in [4.78, 5) is 44.0. The summed E-state index contributed by atoms with van der Waals surface area (Å²) in [5, 5.41) is 23.9. The van der Waals surface area contributed by atoms with E-state index in [0.717, 1.165) is 17.5 Å². The predicted octanol–water partition coefficient (Wildman–Crippen LogP) is 2.92. The number of hydrogen-bond donors (Lipinski definition) is 3. The topological polar surface area (TPSA) is 145 Å². The number of benzene rings is 1. The summed E-state index contributed by atoms with van der Waals surface area (Å²) in [6.45, 7) is 1.59. The number of carboxylic acid groups (broad SMARTS) is 1. The highest BCUT2D eigenvalue weighted by molar-refractivity contribution is 7.18. The summed E-state index contributed by atoms with van der Waals surface area (Å²) >= 11 is 0.913. The third-order valence-electron chi connectivity index (χ3n) is 3.84. The summed E-state index contributed by atoms with van der Waals surface area (Å²) in [5.74, 6) is -2.68. The zero-order chi connectivity index (χ0) is 21.0. The van der Waals surface area contributed by atoms with Gasteiger partial charge in [0, 0.05) is 18.1 Å². The molecule has 0 saturated heterocycles. The Balaban J connectivity index is 1.90. The largest absolute Gasteiger partial charge is 0.476 e. The average molecular weight is 407 g/mol. The van der Waals surface area contributed by atoms with E-state index in [4.69, 9.17) is 5.11 Å². The minimum absolute atomic E-state index is 0.113. The van der Waals surface area contributed by atoms with E-state index in [1.807, 2.05) is 12.1 Å². The smallest absolute Gasteiger partial charge is 0.356 e. The number of para-hydroxylation sites is 1. The molecule has 0 radical (unpaired) electrons. The first kappa shape index (κ1) is 19.7. The van der Waals surface area contributed by atoms with Crippen LogP contribution in [0.25, 0.3) is 0 Å². The number of hydrogen-bond acceptors (Lipinski definition) is 7. The van der Waals surface area contributed by atoms with Crippen LogP contribution in [0.5, 0.6) is 0 Å². The van der Waals surface area contributed by atoms with Crippen molar-refractivity contribution in [2.75, 3.05) is 10.6 Å². The van der Waals surface area contributed by atoms with Gasteiger partial charge in [0.25, 0.3) is 11.8 Å². The van der Waals surface area contributed by atoms with Crippen molar-refractivity contribution in [1.82, 2.24) is 9.97 Å². The van der Waals surface area contributed by atoms with Gasteiger partial charge in [0.2, 0.25) is 0 Å². The Morgan fingerprint density at radius 3 is 2.31 bits per heavy atom. The van der Waals surface area contributed by atoms with Gasteiger partial charge < -0.3 is 15.7 Å². The van der Waals surface area contributed by atoms with Gasteiger partial charge in [-0.25, -0.2) is 14.8 Å². The second kappa shape index (κ2) is 8.28. The number of thiophene rings is 1. The van der Waals surface area contributed by atoms with Crippen molar-refractivity contribution in [3.8, 4) is 6.07 Å². The number of amides is 2. The van der Waals surface area contributed by atoms with Gasteiger partial charge in [-0.1, -0.05) is 18.2 Å². The number of anilines is 2. The Hall–Kier alpha value is -4.10. The van der Waals surface area contributed by atoms with E-state index < -0.39 is 29.2 Å². The molecule has 0 aliphatic carbocycles. The fraction of sp³-hybridized carbons (Fsp3) is 0.0526. The van der Waals surface area contributed by atoms with E-state index in [2.05, 4.69) is 20.6 Å². The van der Waals surface area contributed by atoms with Gasteiger partial charge in [-0.05, 0) is 24.6 Å². The lowest BCUT2D eigenvalue weighted by Crippen LogP contribution is -2.19. The molecule has 2 heterocycles. The summed E-state index contributed by atoms with van der Waals surface area (Å²) in [6, 6.07) is 10.7. The van der Waals surface area contributed by atoms with E-state index in [1.54, 1.807) is 31.2 Å². The maximum atomic E-state index is 12.6. The lowest BCUT2D eigenvalue weighted by Gasteiger charge is -2.04. The molecule has 2 aromatic heterocycles. The number of carboxylic acids is 1. The Morgan fingerprint density at radius 1 is 1.03 bits per heavy atom. The molecule has 0 saturated carbocycles. The van der Waals surface area contributed by atoms with Gasteiger partial charge in [-0.15, -0.1) is 11.3 Å². The molecule has 3 aromatic rings. The summed E-state index contributed by atoms with van der Waals surface area (Å²) in [7, 11) is 0. The fourth-order valence-corrected chi connectivity index (χ4v) is 3.53. The van der Waals surface area contributed by atoms with Crippen LogP contribution >= 0.6 is 11.3 Å². The number of rotatable bonds is 5. The average Bonchev–Trinajstić information content (AvgIpc) is 3.03. The summed E-state index contributed by atoms with van der Waals surface area (Å²) < 4.78 is 0. The zero-order valence-electron chi connectivity index (χ0n) is 15.0. The standard InChI is InChI=1S/C19H13N5O4S/c1-10-12(9-20)18(24-16(25)13-14(19(27)28)22-8-7-21-13)29-15(10)17(26)23-11-5-3-2-4-6-11/h2-8H,1H3,(H,23,26)(H,24,25)(H,27,28). The first-order valence-electron chi connectivity index (χ1n) is 8.18. The van der Waals surface area contributed by atoms with E-state index in [-0.39, 0.29) is 15.4 Å². The van der Waals surface area contributed by atoms with Crippen molar-refractivity contribution in [2.45, 2.75) is 6.92 Å². The highest BCUT2D eigenvalue weighted by Gasteiger charge is 2.24. The van der Waals surface area contributed by atoms with E-state index in [0.29, 0.717) is 11.3 Å². The third-order valence-corrected chi connectivity index (χ3v) is 5.05. The molecule has 3 rings (SSSR count). The van der Waals surface area contributed by atoms with Gasteiger partial charge in [0.1, 0.15) is 11.1 Å². The lowest BCUT2D eigenvalue weighted by molar-refractivity contribution is 0.0684. The van der Waals surface area contributed by atoms with Crippen LogP contribution in [0.15, 0.2) is 42.7 Å². The van der Waals surface area contributed by atoms with Crippen LogP contribution in [0.3, 0.4) is 0 Å². The minimum Gasteiger partial charge on any atom is -0.476 e. The third kappa shape index (κ3) is 4.10. The molecular formula is C19H13N5O4S. The number of carbonyl (C=O) groups excluding carboxylic acids is 2. The Morgan fingerprint density at radius 2 is 1.69 bits per heavy atom. The number of aromatic nitrogens is 2. The molecule has 0 atom stereocenters. The highest BCUT2D eigenvalue weighted by atomic mass is 32.1. The monoisotopic (exact) mass is 407 g/mol. The number of aromatic carboxylic acids is 1. The van der Waals surface area contributed by atoms with Crippen LogP contribution < -0.4 is 10.6 Å². The zero-order valence-corrected chi connectivity index (χ0v) is 15.8. The molecule has 0 bridgehead atoms. The first-order valence-corrected chi connectivity index (χ1v) is 8.99. The molecule has 0 unspecified atom stereocenters. The number of nitrogens with zero attached hydrogens (tertiary/aromatic N) is 3. The molecule has 0 aliphatic rings. The van der Waals surface area contributed by atoms with Crippen molar-refractivity contribution in [3.63, 3.8) is 0 Å². The van der Waals surface area contributed by atoms with Gasteiger partial charge in [0.15, 0.2) is 11.4 Å². The first-order chi connectivity index (χ1) is 13.9. The lowest BCUT2D eigenvalue weighted by atomic mass is 10.1. The second-order valence-electron chi connectivity index (χ2n) is 5.71. The molecule has 0 spiro atoms. The van der Waals surface area contributed by atoms with Crippen LogP contribution in [-0.4, -0.2) is 32.9 Å². The van der Waals surface area contributed by atoms with Gasteiger partial charge in [0.05, 0.1) is 10.4 Å². The second-order valence-corrected chi connectivity index (χ2v) is 6.73. The Labute approximate surface area is 168 Å². The number of nitrogens with one attached hydrogen (secondary N) is 2. The molecule has 144 valence electrons. The fourth-order valence-electron chi connectivity index (χ4n) is 2.49. The van der Waals surface area contributed by atoms with Crippen LogP contribution in [-0.2, 0) is 0 Å². The minimum atomic E-state index is -1.41. The van der Waals surface area contributed by atoms with E-state index in [9.17, 15) is 19.6 Å². The van der Waals surface area contributed by atoms with Crippen molar-refractivity contribution in [1.29, 1.82) is 5.26 Å². The van der Waals surface area contributed by atoms with Crippen molar-refractivity contribution >= 4 is 39.8 Å². The molecule has 0 aliphatic heterocycles. The molecular weight excluding hydrogens is 394 g/mol. The quantitative estimate of drug-likeness (QED) is 0.589. The van der Waals surface area contributed by atoms with Gasteiger partial charge >= 0.3 is 5.97 Å². The molecule has 3 N–H and O–H groups in total. The van der Waals surface area contributed by atoms with Crippen LogP contribution in [0, 0.1) is 18.3 Å².